The van der Waals surface area contributed by atoms with E-state index >= 15 is 0 Å². The Kier molecular flexibility index (Phi) is 5.89. The zero-order valence-corrected chi connectivity index (χ0v) is 13.7. The Balaban J connectivity index is 1.97. The molecular formula is C18H19NO5. The third kappa shape index (κ3) is 4.55. The molecule has 0 heterocycles. The van der Waals surface area contributed by atoms with Crippen molar-refractivity contribution in [2.45, 2.75) is 20.3 Å². The lowest BCUT2D eigenvalue weighted by Crippen LogP contribution is -2.10. The second-order valence-electron chi connectivity index (χ2n) is 5.23. The van der Waals surface area contributed by atoms with Crippen molar-refractivity contribution in [3.05, 3.63) is 63.7 Å². The summed E-state index contributed by atoms with van der Waals surface area (Å²) in [7, 11) is 0. The molecule has 0 saturated heterocycles. The number of ether oxygens (including phenoxy) is 2. The highest BCUT2D eigenvalue weighted by Gasteiger charge is 2.18. The quantitative estimate of drug-likeness (QED) is 0.317. The molecule has 0 aliphatic heterocycles. The number of ketones is 1. The maximum Gasteiger partial charge on any atom is 0.311 e. The van der Waals surface area contributed by atoms with E-state index in [0.717, 1.165) is 5.56 Å². The maximum atomic E-state index is 11.7. The highest BCUT2D eigenvalue weighted by molar-refractivity contribution is 5.96. The Labute approximate surface area is 140 Å². The summed E-state index contributed by atoms with van der Waals surface area (Å²) in [6, 6.07) is 11.8. The van der Waals surface area contributed by atoms with Gasteiger partial charge in [-0.05, 0) is 31.2 Å². The van der Waals surface area contributed by atoms with Crippen LogP contribution in [0.4, 0.5) is 5.69 Å². The number of hydrogen-bond donors (Lipinski definition) is 0. The summed E-state index contributed by atoms with van der Waals surface area (Å²) in [4.78, 5) is 22.3. The Bertz CT molecular complexity index is 725. The number of benzene rings is 2. The van der Waals surface area contributed by atoms with E-state index in [1.165, 1.54) is 18.2 Å². The Morgan fingerprint density at radius 3 is 2.38 bits per heavy atom. The largest absolute Gasteiger partial charge is 0.490 e. The van der Waals surface area contributed by atoms with E-state index in [-0.39, 0.29) is 30.4 Å². The van der Waals surface area contributed by atoms with Crippen molar-refractivity contribution in [1.29, 1.82) is 0 Å². The predicted molar refractivity (Wildman–Crippen MR) is 89.9 cm³/mol. The van der Waals surface area contributed by atoms with Crippen LogP contribution >= 0.6 is 0 Å². The first kappa shape index (κ1) is 17.5. The number of Topliss-reactive ketones (excluding diaryl/α,β-unsaturated/α-hetero) is 1. The van der Waals surface area contributed by atoms with Gasteiger partial charge in [-0.3, -0.25) is 14.9 Å². The molecular weight excluding hydrogens is 310 g/mol. The Morgan fingerprint density at radius 1 is 1.08 bits per heavy atom. The smallest absolute Gasteiger partial charge is 0.311 e. The molecule has 0 N–H and O–H groups in total. The van der Waals surface area contributed by atoms with Crippen LogP contribution in [-0.4, -0.2) is 23.9 Å². The molecule has 126 valence electrons. The van der Waals surface area contributed by atoms with Crippen molar-refractivity contribution in [3.8, 4) is 11.5 Å². The van der Waals surface area contributed by atoms with Crippen molar-refractivity contribution in [1.82, 2.24) is 0 Å². The summed E-state index contributed by atoms with van der Waals surface area (Å²) in [6.45, 7) is 4.12. The van der Waals surface area contributed by atoms with E-state index < -0.39 is 4.92 Å². The molecule has 0 aromatic heterocycles. The minimum Gasteiger partial charge on any atom is -0.490 e. The molecule has 0 atom stereocenters. The normalized spacial score (nSPS) is 10.2. The highest BCUT2D eigenvalue weighted by Crippen LogP contribution is 2.28. The maximum absolute atomic E-state index is 11.7. The van der Waals surface area contributed by atoms with Crippen LogP contribution in [0.3, 0.4) is 0 Å². The molecule has 2 aromatic rings. The van der Waals surface area contributed by atoms with Crippen LogP contribution in [0.1, 0.15) is 29.3 Å². The molecule has 0 aliphatic rings. The summed E-state index contributed by atoms with van der Waals surface area (Å²) < 4.78 is 10.9. The minimum absolute atomic E-state index is 0.125. The number of nitrogens with zero attached hydrogens (tertiary/aromatic N) is 1. The van der Waals surface area contributed by atoms with Gasteiger partial charge in [-0.15, -0.1) is 0 Å². The number of carbonyl (C=O) groups excluding carboxylic acids is 1. The number of hydrogen-bond acceptors (Lipinski definition) is 5. The van der Waals surface area contributed by atoms with E-state index in [1.807, 2.05) is 31.2 Å². The average molecular weight is 329 g/mol. The molecule has 0 spiro atoms. The number of carbonyl (C=O) groups is 1. The number of nitro benzene ring substituents is 1. The average Bonchev–Trinajstić information content (AvgIpc) is 2.59. The van der Waals surface area contributed by atoms with Gasteiger partial charge in [-0.2, -0.15) is 0 Å². The van der Waals surface area contributed by atoms with Gasteiger partial charge in [0.15, 0.2) is 11.5 Å². The van der Waals surface area contributed by atoms with Crippen molar-refractivity contribution < 1.29 is 19.2 Å². The van der Waals surface area contributed by atoms with Crippen LogP contribution in [0.2, 0.25) is 0 Å². The Morgan fingerprint density at radius 2 is 1.75 bits per heavy atom. The van der Waals surface area contributed by atoms with Crippen molar-refractivity contribution in [3.63, 3.8) is 0 Å². The summed E-state index contributed by atoms with van der Waals surface area (Å²) in [5.41, 5.74) is 1.23. The lowest BCUT2D eigenvalue weighted by atomic mass is 10.1. The van der Waals surface area contributed by atoms with Crippen LogP contribution in [0.5, 0.6) is 11.5 Å². The molecule has 0 aliphatic carbocycles. The van der Waals surface area contributed by atoms with Crippen LogP contribution in [-0.2, 0) is 0 Å². The first-order valence-electron chi connectivity index (χ1n) is 7.65. The first-order chi connectivity index (χ1) is 11.5. The fraction of sp³-hybridized carbons (Fsp3) is 0.278. The van der Waals surface area contributed by atoms with E-state index in [2.05, 4.69) is 0 Å². The van der Waals surface area contributed by atoms with Gasteiger partial charge in [0.2, 0.25) is 0 Å². The van der Waals surface area contributed by atoms with Gasteiger partial charge in [0.05, 0.1) is 4.92 Å². The van der Waals surface area contributed by atoms with Gasteiger partial charge in [0, 0.05) is 18.1 Å². The van der Waals surface area contributed by atoms with Gasteiger partial charge in [-0.25, -0.2) is 0 Å². The number of aryl methyl sites for hydroxylation is 1. The molecule has 0 bridgehead atoms. The van der Waals surface area contributed by atoms with Gasteiger partial charge in [-0.1, -0.05) is 24.6 Å². The van der Waals surface area contributed by atoms with Gasteiger partial charge < -0.3 is 9.47 Å². The van der Waals surface area contributed by atoms with Gasteiger partial charge in [0.1, 0.15) is 19.0 Å². The predicted octanol–water partition coefficient (Wildman–Crippen LogP) is 3.95. The molecule has 24 heavy (non-hydrogen) atoms. The highest BCUT2D eigenvalue weighted by atomic mass is 16.6. The summed E-state index contributed by atoms with van der Waals surface area (Å²) in [6.07, 6.45) is 0.293. The molecule has 6 heteroatoms. The second-order valence-corrected chi connectivity index (χ2v) is 5.23. The third-order valence-corrected chi connectivity index (χ3v) is 3.43. The lowest BCUT2D eigenvalue weighted by Gasteiger charge is -2.09. The molecule has 0 saturated carbocycles. The van der Waals surface area contributed by atoms with Crippen LogP contribution in [0.15, 0.2) is 42.5 Å². The molecule has 0 amide bonds. The second kappa shape index (κ2) is 8.10. The van der Waals surface area contributed by atoms with Crippen LogP contribution < -0.4 is 9.47 Å². The fourth-order valence-electron chi connectivity index (χ4n) is 2.11. The van der Waals surface area contributed by atoms with E-state index in [9.17, 15) is 14.9 Å². The molecule has 0 unspecified atom stereocenters. The summed E-state index contributed by atoms with van der Waals surface area (Å²) in [5.74, 6) is 0.690. The zero-order valence-electron chi connectivity index (χ0n) is 13.7. The van der Waals surface area contributed by atoms with E-state index in [0.29, 0.717) is 17.7 Å². The topological polar surface area (TPSA) is 78.7 Å². The molecule has 0 radical (unpaired) electrons. The number of nitro groups is 1. The van der Waals surface area contributed by atoms with Crippen molar-refractivity contribution in [2.75, 3.05) is 13.2 Å². The first-order valence-corrected chi connectivity index (χ1v) is 7.65. The van der Waals surface area contributed by atoms with E-state index in [1.54, 1.807) is 6.92 Å². The Hall–Kier alpha value is -2.89. The summed E-state index contributed by atoms with van der Waals surface area (Å²) >= 11 is 0. The van der Waals surface area contributed by atoms with Crippen LogP contribution in [0.25, 0.3) is 0 Å². The SMILES string of the molecule is CCC(=O)c1ccc(OCCOc2ccc(C)cc2)c([N+](=O)[O-])c1. The molecule has 2 rings (SSSR count). The molecule has 2 aromatic carbocycles. The van der Waals surface area contributed by atoms with Gasteiger partial charge >= 0.3 is 5.69 Å². The molecule has 0 fully saturated rings. The monoisotopic (exact) mass is 329 g/mol. The van der Waals surface area contributed by atoms with Crippen LogP contribution in [0, 0.1) is 17.0 Å². The number of rotatable bonds is 8. The minimum atomic E-state index is -0.553. The summed E-state index contributed by atoms with van der Waals surface area (Å²) in [5, 5.41) is 11.2. The lowest BCUT2D eigenvalue weighted by molar-refractivity contribution is -0.385. The standard InChI is InChI=1S/C18H19NO5/c1-3-17(20)14-6-9-18(16(12-14)19(21)22)24-11-10-23-15-7-4-13(2)5-8-15/h4-9,12H,3,10-11H2,1-2H3. The zero-order chi connectivity index (χ0) is 17.5. The van der Waals surface area contributed by atoms with Crippen molar-refractivity contribution in [2.24, 2.45) is 0 Å². The van der Waals surface area contributed by atoms with Gasteiger partial charge in [0.25, 0.3) is 0 Å². The third-order valence-electron chi connectivity index (χ3n) is 3.43. The fourth-order valence-corrected chi connectivity index (χ4v) is 2.11. The van der Waals surface area contributed by atoms with Crippen molar-refractivity contribution >= 4 is 11.5 Å². The molecule has 6 nitrogen and oxygen atoms in total. The van der Waals surface area contributed by atoms with E-state index in [4.69, 9.17) is 9.47 Å².